The summed E-state index contributed by atoms with van der Waals surface area (Å²) < 4.78 is 0. The normalized spacial score (nSPS) is 11.5. The number of rotatable bonds is 6. The third-order valence-electron chi connectivity index (χ3n) is 5.14. The Morgan fingerprint density at radius 2 is 1.53 bits per heavy atom. The molecule has 0 saturated heterocycles. The molecule has 7 heteroatoms. The van der Waals surface area contributed by atoms with Crippen LogP contribution in [0.25, 0.3) is 0 Å². The standard InChI is InChI=1S/C25H20N6O/c26-14-17-5-1-6-18(13-17)24(21-9-2-10-22(30-21)31-25(27)32)23(19-7-3-11-28-15-19)20-8-4-12-29-16-20/h1-13,15-16,23-24H,(H3,27,30,31,32). The molecule has 0 aliphatic carbocycles. The molecule has 156 valence electrons. The molecule has 1 unspecified atom stereocenters. The highest BCUT2D eigenvalue weighted by Crippen LogP contribution is 2.42. The SMILES string of the molecule is N#Cc1cccc(C(c2cccc(NC(N)=O)n2)C(c2cccnc2)c2cccnc2)c1. The Kier molecular flexibility index (Phi) is 6.14. The molecule has 7 nitrogen and oxygen atoms in total. The Labute approximate surface area is 185 Å². The van der Waals surface area contributed by atoms with Crippen LogP contribution in [-0.4, -0.2) is 21.0 Å². The van der Waals surface area contributed by atoms with Gasteiger partial charge in [0.1, 0.15) is 5.82 Å². The molecule has 3 N–H and O–H groups in total. The highest BCUT2D eigenvalue weighted by molar-refractivity contribution is 5.86. The molecule has 0 aliphatic heterocycles. The zero-order valence-corrected chi connectivity index (χ0v) is 17.1. The van der Waals surface area contributed by atoms with Crippen LogP contribution in [0.3, 0.4) is 0 Å². The van der Waals surface area contributed by atoms with Crippen LogP contribution in [0.5, 0.6) is 0 Å². The second-order valence-electron chi connectivity index (χ2n) is 7.20. The Balaban J connectivity index is 1.95. The third kappa shape index (κ3) is 4.60. The summed E-state index contributed by atoms with van der Waals surface area (Å²) in [7, 11) is 0. The van der Waals surface area contributed by atoms with Crippen molar-refractivity contribution in [2.45, 2.75) is 11.8 Å². The molecule has 4 rings (SSSR count). The molecule has 2 amide bonds. The van der Waals surface area contributed by atoms with Gasteiger partial charge in [-0.3, -0.25) is 15.3 Å². The van der Waals surface area contributed by atoms with Crippen LogP contribution in [0.15, 0.2) is 91.5 Å². The first-order valence-electron chi connectivity index (χ1n) is 9.99. The van der Waals surface area contributed by atoms with Gasteiger partial charge in [0.25, 0.3) is 0 Å². The van der Waals surface area contributed by atoms with Crippen molar-refractivity contribution in [3.63, 3.8) is 0 Å². The second-order valence-corrected chi connectivity index (χ2v) is 7.20. The van der Waals surface area contributed by atoms with Gasteiger partial charge in [0.15, 0.2) is 0 Å². The number of carbonyl (C=O) groups excluding carboxylic acids is 1. The van der Waals surface area contributed by atoms with Crippen molar-refractivity contribution >= 4 is 11.8 Å². The minimum Gasteiger partial charge on any atom is -0.351 e. The van der Waals surface area contributed by atoms with Gasteiger partial charge < -0.3 is 5.73 Å². The van der Waals surface area contributed by atoms with Gasteiger partial charge in [0, 0.05) is 36.6 Å². The first kappa shape index (κ1) is 20.7. The predicted molar refractivity (Wildman–Crippen MR) is 121 cm³/mol. The average Bonchev–Trinajstić information content (AvgIpc) is 2.83. The summed E-state index contributed by atoms with van der Waals surface area (Å²) in [5.41, 5.74) is 9.42. The van der Waals surface area contributed by atoms with E-state index in [1.54, 1.807) is 24.5 Å². The zero-order chi connectivity index (χ0) is 22.3. The van der Waals surface area contributed by atoms with Gasteiger partial charge in [-0.25, -0.2) is 9.78 Å². The number of carbonyl (C=O) groups is 1. The molecule has 0 aliphatic rings. The molecule has 4 aromatic rings. The Morgan fingerprint density at radius 3 is 2.12 bits per heavy atom. The lowest BCUT2D eigenvalue weighted by Crippen LogP contribution is -2.21. The van der Waals surface area contributed by atoms with Crippen molar-refractivity contribution < 1.29 is 4.79 Å². The summed E-state index contributed by atoms with van der Waals surface area (Å²) in [5, 5.41) is 12.0. The summed E-state index contributed by atoms with van der Waals surface area (Å²) in [6, 6.07) is 22.2. The molecule has 0 spiro atoms. The van der Waals surface area contributed by atoms with E-state index < -0.39 is 6.03 Å². The van der Waals surface area contributed by atoms with Crippen LogP contribution < -0.4 is 11.1 Å². The van der Waals surface area contributed by atoms with E-state index in [4.69, 9.17) is 5.73 Å². The van der Waals surface area contributed by atoms with Crippen molar-refractivity contribution in [1.29, 1.82) is 5.26 Å². The molecule has 0 fully saturated rings. The first-order valence-corrected chi connectivity index (χ1v) is 9.99. The number of aromatic nitrogens is 3. The summed E-state index contributed by atoms with van der Waals surface area (Å²) in [6.07, 6.45) is 7.10. The number of pyridine rings is 3. The van der Waals surface area contributed by atoms with E-state index in [-0.39, 0.29) is 11.8 Å². The van der Waals surface area contributed by atoms with E-state index in [1.807, 2.05) is 67.0 Å². The minimum atomic E-state index is -0.686. The molecule has 3 aromatic heterocycles. The molecule has 32 heavy (non-hydrogen) atoms. The van der Waals surface area contributed by atoms with Crippen LogP contribution >= 0.6 is 0 Å². The largest absolute Gasteiger partial charge is 0.351 e. The Bertz CT molecular complexity index is 1210. The van der Waals surface area contributed by atoms with Crippen molar-refractivity contribution in [2.24, 2.45) is 5.73 Å². The van der Waals surface area contributed by atoms with E-state index in [9.17, 15) is 10.1 Å². The highest BCUT2D eigenvalue weighted by Gasteiger charge is 2.30. The molecular weight excluding hydrogens is 400 g/mol. The van der Waals surface area contributed by atoms with Gasteiger partial charge in [0.05, 0.1) is 17.3 Å². The molecule has 3 heterocycles. The Morgan fingerprint density at radius 1 is 0.875 bits per heavy atom. The van der Waals surface area contributed by atoms with E-state index in [2.05, 4.69) is 26.3 Å². The molecule has 1 atom stereocenters. The number of hydrogen-bond donors (Lipinski definition) is 2. The number of nitrogens with two attached hydrogens (primary N) is 1. The Hall–Kier alpha value is -4.57. The van der Waals surface area contributed by atoms with E-state index in [0.29, 0.717) is 17.1 Å². The van der Waals surface area contributed by atoms with E-state index in [0.717, 1.165) is 16.7 Å². The summed E-state index contributed by atoms with van der Waals surface area (Å²) in [5.74, 6) is -0.124. The number of benzene rings is 1. The summed E-state index contributed by atoms with van der Waals surface area (Å²) in [4.78, 5) is 24.7. The topological polar surface area (TPSA) is 118 Å². The van der Waals surface area contributed by atoms with Crippen LogP contribution in [0.4, 0.5) is 10.6 Å². The van der Waals surface area contributed by atoms with Crippen LogP contribution in [0, 0.1) is 11.3 Å². The second kappa shape index (κ2) is 9.49. The number of primary amides is 1. The van der Waals surface area contributed by atoms with Gasteiger partial charge in [-0.15, -0.1) is 0 Å². The first-order chi connectivity index (χ1) is 15.7. The fourth-order valence-electron chi connectivity index (χ4n) is 3.85. The fourth-order valence-corrected chi connectivity index (χ4v) is 3.85. The van der Waals surface area contributed by atoms with Gasteiger partial charge in [-0.2, -0.15) is 5.26 Å². The van der Waals surface area contributed by atoms with Crippen molar-refractivity contribution in [3.05, 3.63) is 119 Å². The fraction of sp³-hybridized carbons (Fsp3) is 0.0800. The van der Waals surface area contributed by atoms with Crippen molar-refractivity contribution in [3.8, 4) is 6.07 Å². The van der Waals surface area contributed by atoms with Crippen molar-refractivity contribution in [2.75, 3.05) is 5.32 Å². The average molecular weight is 420 g/mol. The minimum absolute atomic E-state index is 0.192. The summed E-state index contributed by atoms with van der Waals surface area (Å²) in [6.45, 7) is 0. The molecule has 0 saturated carbocycles. The molecule has 1 aromatic carbocycles. The number of hydrogen-bond acceptors (Lipinski definition) is 5. The number of amides is 2. The number of nitrogens with one attached hydrogen (secondary N) is 1. The van der Waals surface area contributed by atoms with Crippen LogP contribution in [0.2, 0.25) is 0 Å². The maximum absolute atomic E-state index is 11.4. The monoisotopic (exact) mass is 420 g/mol. The zero-order valence-electron chi connectivity index (χ0n) is 17.1. The number of anilines is 1. The van der Waals surface area contributed by atoms with Gasteiger partial charge in [0.2, 0.25) is 0 Å². The third-order valence-corrected chi connectivity index (χ3v) is 5.14. The van der Waals surface area contributed by atoms with Crippen LogP contribution in [-0.2, 0) is 0 Å². The highest BCUT2D eigenvalue weighted by atomic mass is 16.2. The smallest absolute Gasteiger partial charge is 0.317 e. The lowest BCUT2D eigenvalue weighted by atomic mass is 9.76. The maximum Gasteiger partial charge on any atom is 0.317 e. The quantitative estimate of drug-likeness (QED) is 0.485. The maximum atomic E-state index is 11.4. The van der Waals surface area contributed by atoms with E-state index >= 15 is 0 Å². The lowest BCUT2D eigenvalue weighted by molar-refractivity contribution is 0.259. The van der Waals surface area contributed by atoms with Crippen LogP contribution in [0.1, 0.15) is 39.8 Å². The number of nitriles is 1. The predicted octanol–water partition coefficient (Wildman–Crippen LogP) is 4.20. The molecule has 0 radical (unpaired) electrons. The van der Waals surface area contributed by atoms with Gasteiger partial charge in [-0.1, -0.05) is 30.3 Å². The number of nitrogens with zero attached hydrogens (tertiary/aromatic N) is 4. The van der Waals surface area contributed by atoms with E-state index in [1.165, 1.54) is 0 Å². The van der Waals surface area contributed by atoms with Crippen molar-refractivity contribution in [1.82, 2.24) is 15.0 Å². The number of urea groups is 1. The summed E-state index contributed by atoms with van der Waals surface area (Å²) >= 11 is 0. The van der Waals surface area contributed by atoms with Gasteiger partial charge in [-0.05, 0) is 53.1 Å². The molecular formula is C25H20N6O. The molecule has 0 bridgehead atoms. The van der Waals surface area contributed by atoms with Gasteiger partial charge >= 0.3 is 6.03 Å². The lowest BCUT2D eigenvalue weighted by Gasteiger charge is -2.28.